The SMILES string of the molecule is C=C1/C(=C/C=C2\CCC[C@@]3(C)C2CCC3[C@@H](C)C(CC=O)OC)CC(O[Si](C)(C)C(C)(C)C)CC1O[Si](C)(C)C(C)(C)C. The summed E-state index contributed by atoms with van der Waals surface area (Å²) < 4.78 is 19.9. The van der Waals surface area contributed by atoms with Crippen molar-refractivity contribution in [3.8, 4) is 0 Å². The highest BCUT2D eigenvalue weighted by molar-refractivity contribution is 6.74. The van der Waals surface area contributed by atoms with Crippen molar-refractivity contribution in [2.24, 2.45) is 23.2 Å². The second kappa shape index (κ2) is 13.5. The van der Waals surface area contributed by atoms with Crippen LogP contribution in [-0.2, 0) is 18.4 Å². The van der Waals surface area contributed by atoms with Gasteiger partial charge in [0.25, 0.3) is 0 Å². The van der Waals surface area contributed by atoms with Crippen molar-refractivity contribution < 1.29 is 18.4 Å². The Bertz CT molecular complexity index is 1060. The average molecular weight is 631 g/mol. The number of aldehydes is 1. The van der Waals surface area contributed by atoms with Gasteiger partial charge in [0.2, 0.25) is 0 Å². The minimum Gasteiger partial charge on any atom is -0.413 e. The molecule has 0 aromatic rings. The Morgan fingerprint density at radius 3 is 2.16 bits per heavy atom. The Hall–Kier alpha value is -0.796. The van der Waals surface area contributed by atoms with Crippen LogP contribution < -0.4 is 0 Å². The Kier molecular flexibility index (Phi) is 11.5. The van der Waals surface area contributed by atoms with Crippen LogP contribution in [0.25, 0.3) is 0 Å². The number of carbonyl (C=O) groups is 1. The molecule has 3 rings (SSSR count). The first-order valence-corrected chi connectivity index (χ1v) is 22.9. The summed E-state index contributed by atoms with van der Waals surface area (Å²) in [4.78, 5) is 11.4. The number of ether oxygens (including phenoxy) is 1. The highest BCUT2D eigenvalue weighted by Crippen LogP contribution is 2.60. The first-order chi connectivity index (χ1) is 19.7. The van der Waals surface area contributed by atoms with Gasteiger partial charge in [-0.25, -0.2) is 0 Å². The van der Waals surface area contributed by atoms with Crippen LogP contribution in [0.15, 0.2) is 35.5 Å². The normalized spacial score (nSPS) is 32.6. The third-order valence-corrected chi connectivity index (χ3v) is 21.6. The van der Waals surface area contributed by atoms with Crippen molar-refractivity contribution in [3.63, 3.8) is 0 Å². The standard InChI is InChI=1S/C37H66O4Si2/c1-26-29(24-30(40-42(11,12)35(3,4)5)25-34(26)41-43(13,14)36(6,7)8)18-17-28-16-15-22-37(9)31(19-20-32(28)37)27(2)33(39-10)21-23-38/h17-18,23,27,30-34H,1,15-16,19-22,24-25H2,2-14H3/b28-17+,29-18+/t27-,30?,31?,32?,33?,34?,37-/m1/s1. The van der Waals surface area contributed by atoms with Gasteiger partial charge in [0.15, 0.2) is 16.6 Å². The summed E-state index contributed by atoms with van der Waals surface area (Å²) in [6.07, 6.45) is 14.5. The van der Waals surface area contributed by atoms with Gasteiger partial charge in [0, 0.05) is 20.0 Å². The zero-order valence-corrected chi connectivity index (χ0v) is 32.2. The molecule has 0 N–H and O–H groups in total. The quantitative estimate of drug-likeness (QED) is 0.178. The van der Waals surface area contributed by atoms with Crippen molar-refractivity contribution in [2.45, 2.75) is 161 Å². The van der Waals surface area contributed by atoms with Gasteiger partial charge in [0.1, 0.15) is 6.29 Å². The van der Waals surface area contributed by atoms with Crippen LogP contribution in [0.1, 0.15) is 107 Å². The smallest absolute Gasteiger partial charge is 0.192 e. The fourth-order valence-electron chi connectivity index (χ4n) is 7.79. The van der Waals surface area contributed by atoms with Crippen LogP contribution in [0, 0.1) is 23.2 Å². The van der Waals surface area contributed by atoms with E-state index in [0.717, 1.165) is 24.7 Å². The molecule has 0 bridgehead atoms. The maximum Gasteiger partial charge on any atom is 0.192 e. The molecular formula is C37H66O4Si2. The summed E-state index contributed by atoms with van der Waals surface area (Å²) in [6, 6.07) is 0. The van der Waals surface area contributed by atoms with Crippen molar-refractivity contribution >= 4 is 22.9 Å². The third kappa shape index (κ3) is 7.96. The molecule has 246 valence electrons. The lowest BCUT2D eigenvalue weighted by molar-refractivity contribution is -0.111. The highest BCUT2D eigenvalue weighted by atomic mass is 28.4. The molecule has 7 atom stereocenters. The van der Waals surface area contributed by atoms with Crippen LogP contribution in [0.5, 0.6) is 0 Å². The van der Waals surface area contributed by atoms with E-state index < -0.39 is 16.6 Å². The van der Waals surface area contributed by atoms with Crippen molar-refractivity contribution in [1.29, 1.82) is 0 Å². The Balaban J connectivity index is 1.92. The Labute approximate surface area is 267 Å². The highest BCUT2D eigenvalue weighted by Gasteiger charge is 2.52. The lowest BCUT2D eigenvalue weighted by Crippen LogP contribution is -2.49. The third-order valence-electron chi connectivity index (χ3n) is 12.6. The van der Waals surface area contributed by atoms with Crippen molar-refractivity contribution in [2.75, 3.05) is 7.11 Å². The van der Waals surface area contributed by atoms with Crippen molar-refractivity contribution in [3.05, 3.63) is 35.5 Å². The van der Waals surface area contributed by atoms with E-state index in [9.17, 15) is 4.79 Å². The summed E-state index contributed by atoms with van der Waals surface area (Å²) >= 11 is 0. The van der Waals surface area contributed by atoms with E-state index in [1.165, 1.54) is 37.7 Å². The average Bonchev–Trinajstić information content (AvgIpc) is 3.23. The van der Waals surface area contributed by atoms with Gasteiger partial charge < -0.3 is 18.4 Å². The minimum atomic E-state index is -1.99. The summed E-state index contributed by atoms with van der Waals surface area (Å²) in [5.74, 6) is 1.55. The summed E-state index contributed by atoms with van der Waals surface area (Å²) in [5.41, 5.74) is 4.33. The Morgan fingerprint density at radius 2 is 1.60 bits per heavy atom. The van der Waals surface area contributed by atoms with Gasteiger partial charge in [-0.2, -0.15) is 0 Å². The summed E-state index contributed by atoms with van der Waals surface area (Å²) in [7, 11) is -2.16. The maximum atomic E-state index is 11.4. The van der Waals surface area contributed by atoms with Gasteiger partial charge in [-0.05, 0) is 109 Å². The molecular weight excluding hydrogens is 565 g/mol. The van der Waals surface area contributed by atoms with Crippen LogP contribution in [0.4, 0.5) is 0 Å². The van der Waals surface area contributed by atoms with Gasteiger partial charge in [-0.3, -0.25) is 0 Å². The molecule has 0 saturated heterocycles. The number of carbonyl (C=O) groups excluding carboxylic acids is 1. The molecule has 0 amide bonds. The summed E-state index contributed by atoms with van der Waals surface area (Å²) in [6.45, 7) is 32.9. The molecule has 0 heterocycles. The molecule has 3 saturated carbocycles. The minimum absolute atomic E-state index is 0.00573. The second-order valence-corrected chi connectivity index (χ2v) is 26.9. The molecule has 0 aliphatic heterocycles. The zero-order valence-electron chi connectivity index (χ0n) is 30.2. The predicted octanol–water partition coefficient (Wildman–Crippen LogP) is 10.4. The van der Waals surface area contributed by atoms with Crippen molar-refractivity contribution in [1.82, 2.24) is 0 Å². The van der Waals surface area contributed by atoms with E-state index in [-0.39, 0.29) is 33.8 Å². The molecule has 6 heteroatoms. The lowest BCUT2D eigenvalue weighted by atomic mass is 9.60. The molecule has 3 aliphatic carbocycles. The van der Waals surface area contributed by atoms with E-state index in [0.29, 0.717) is 24.2 Å². The molecule has 5 unspecified atom stereocenters. The number of rotatable bonds is 10. The monoisotopic (exact) mass is 630 g/mol. The van der Waals surface area contributed by atoms with Crippen LogP contribution >= 0.6 is 0 Å². The van der Waals surface area contributed by atoms with Gasteiger partial charge in [-0.15, -0.1) is 0 Å². The lowest BCUT2D eigenvalue weighted by Gasteiger charge is -2.46. The molecule has 0 aromatic carbocycles. The molecule has 43 heavy (non-hydrogen) atoms. The molecule has 3 aliphatic rings. The number of methoxy groups -OCH3 is 1. The largest absolute Gasteiger partial charge is 0.413 e. The maximum absolute atomic E-state index is 11.4. The van der Waals surface area contributed by atoms with E-state index in [4.69, 9.17) is 13.6 Å². The first kappa shape index (κ1) is 36.7. The topological polar surface area (TPSA) is 44.8 Å². The van der Waals surface area contributed by atoms with E-state index in [1.54, 1.807) is 12.7 Å². The molecule has 4 nitrogen and oxygen atoms in total. The number of allylic oxidation sites excluding steroid dienone is 3. The molecule has 0 radical (unpaired) electrons. The van der Waals surface area contributed by atoms with E-state index in [2.05, 4.69) is 100 Å². The van der Waals surface area contributed by atoms with Gasteiger partial charge >= 0.3 is 0 Å². The predicted molar refractivity (Wildman–Crippen MR) is 187 cm³/mol. The van der Waals surface area contributed by atoms with Crippen LogP contribution in [-0.4, -0.2) is 48.3 Å². The zero-order chi connectivity index (χ0) is 32.6. The van der Waals surface area contributed by atoms with Crippen LogP contribution in [0.3, 0.4) is 0 Å². The number of hydrogen-bond donors (Lipinski definition) is 0. The number of fused-ring (bicyclic) bond motifs is 1. The van der Waals surface area contributed by atoms with E-state index in [1.807, 2.05) is 0 Å². The molecule has 0 spiro atoms. The fourth-order valence-corrected chi connectivity index (χ4v) is 10.5. The molecule has 3 fully saturated rings. The Morgan fingerprint density at radius 1 is 1.00 bits per heavy atom. The number of hydrogen-bond acceptors (Lipinski definition) is 4. The van der Waals surface area contributed by atoms with Crippen LogP contribution in [0.2, 0.25) is 36.3 Å². The molecule has 0 aromatic heterocycles. The summed E-state index contributed by atoms with van der Waals surface area (Å²) in [5, 5.41) is 0.307. The second-order valence-electron chi connectivity index (χ2n) is 17.4. The van der Waals surface area contributed by atoms with E-state index >= 15 is 0 Å². The van der Waals surface area contributed by atoms with Gasteiger partial charge in [-0.1, -0.05) is 79.7 Å². The fraction of sp³-hybridized carbons (Fsp3) is 0.811. The first-order valence-electron chi connectivity index (χ1n) is 17.1. The van der Waals surface area contributed by atoms with Gasteiger partial charge in [0.05, 0.1) is 18.3 Å².